The summed E-state index contributed by atoms with van der Waals surface area (Å²) in [6.45, 7) is 3.98. The maximum atomic E-state index is 5.26. The Morgan fingerprint density at radius 3 is 1.54 bits per heavy atom. The molecule has 0 rings (SSSR count). The van der Waals surface area contributed by atoms with Crippen molar-refractivity contribution < 1.29 is 8.85 Å². The standard InChI is InChI=1S/C10H16O2Si/c1-5-7-9-13(11-3,12-4)10-8-6-2/h5-6H2,1-4H3. The summed E-state index contributed by atoms with van der Waals surface area (Å²) in [7, 11) is 0.696. The minimum absolute atomic E-state index is 0.801. The zero-order valence-corrected chi connectivity index (χ0v) is 9.73. The lowest BCUT2D eigenvalue weighted by atomic mass is 10.5. The van der Waals surface area contributed by atoms with Gasteiger partial charge in [-0.05, 0) is 0 Å². The summed E-state index contributed by atoms with van der Waals surface area (Å²) in [5.74, 6) is 5.92. The van der Waals surface area contributed by atoms with E-state index in [1.807, 2.05) is 13.8 Å². The molecule has 0 bridgehead atoms. The van der Waals surface area contributed by atoms with E-state index in [-0.39, 0.29) is 0 Å². The van der Waals surface area contributed by atoms with Gasteiger partial charge in [-0.3, -0.25) is 0 Å². The SMILES string of the molecule is CCC#C[Si](C#CCC)(OC)OC. The molecule has 0 fully saturated rings. The van der Waals surface area contributed by atoms with Crippen LogP contribution >= 0.6 is 0 Å². The molecule has 3 heteroatoms. The molecule has 0 aromatic carbocycles. The Hall–Kier alpha value is -0.743. The summed E-state index contributed by atoms with van der Waals surface area (Å²) in [6.07, 6.45) is 1.60. The van der Waals surface area contributed by atoms with Crippen molar-refractivity contribution >= 4 is 8.56 Å². The normalized spacial score (nSPS) is 9.54. The Labute approximate surface area is 81.9 Å². The van der Waals surface area contributed by atoms with Crippen LogP contribution in [0, 0.1) is 22.9 Å². The van der Waals surface area contributed by atoms with Crippen LogP contribution in [0.1, 0.15) is 26.7 Å². The van der Waals surface area contributed by atoms with E-state index in [4.69, 9.17) is 8.85 Å². The molecule has 0 aliphatic heterocycles. The van der Waals surface area contributed by atoms with Crippen LogP contribution in [0.3, 0.4) is 0 Å². The van der Waals surface area contributed by atoms with Gasteiger partial charge < -0.3 is 8.85 Å². The molecule has 0 N–H and O–H groups in total. The monoisotopic (exact) mass is 196 g/mol. The van der Waals surface area contributed by atoms with Gasteiger partial charge in [0.15, 0.2) is 0 Å². The molecule has 0 spiro atoms. The molecule has 0 aliphatic rings. The van der Waals surface area contributed by atoms with Crippen LogP contribution in [0.25, 0.3) is 0 Å². The van der Waals surface area contributed by atoms with E-state index in [9.17, 15) is 0 Å². The van der Waals surface area contributed by atoms with Gasteiger partial charge >= 0.3 is 8.56 Å². The smallest absolute Gasteiger partial charge is 0.379 e. The molecule has 0 unspecified atom stereocenters. The summed E-state index contributed by atoms with van der Waals surface area (Å²) in [4.78, 5) is 0. The van der Waals surface area contributed by atoms with Gasteiger partial charge in [-0.25, -0.2) is 0 Å². The molecule has 2 nitrogen and oxygen atoms in total. The van der Waals surface area contributed by atoms with Crippen LogP contribution in [-0.4, -0.2) is 22.8 Å². The van der Waals surface area contributed by atoms with E-state index in [1.165, 1.54) is 0 Å². The second kappa shape index (κ2) is 6.74. The van der Waals surface area contributed by atoms with Gasteiger partial charge in [0, 0.05) is 27.1 Å². The van der Waals surface area contributed by atoms with Crippen molar-refractivity contribution in [3.63, 3.8) is 0 Å². The number of rotatable bonds is 2. The summed E-state index contributed by atoms with van der Waals surface area (Å²) in [6, 6.07) is 0. The summed E-state index contributed by atoms with van der Waals surface area (Å²) in [5, 5.41) is 0. The van der Waals surface area contributed by atoms with Crippen LogP contribution < -0.4 is 0 Å². The van der Waals surface area contributed by atoms with Crippen molar-refractivity contribution in [1.82, 2.24) is 0 Å². The van der Waals surface area contributed by atoms with Gasteiger partial charge in [-0.15, -0.1) is 11.8 Å². The molecule has 0 atom stereocenters. The molecule has 0 aliphatic carbocycles. The quantitative estimate of drug-likeness (QED) is 0.493. The van der Waals surface area contributed by atoms with Crippen molar-refractivity contribution in [1.29, 1.82) is 0 Å². The summed E-state index contributed by atoms with van der Waals surface area (Å²) < 4.78 is 10.5. The highest BCUT2D eigenvalue weighted by molar-refractivity contribution is 6.83. The van der Waals surface area contributed by atoms with Gasteiger partial charge in [-0.1, -0.05) is 24.9 Å². The van der Waals surface area contributed by atoms with Crippen LogP contribution in [0.4, 0.5) is 0 Å². The third kappa shape index (κ3) is 4.14. The fourth-order valence-electron chi connectivity index (χ4n) is 0.728. The maximum Gasteiger partial charge on any atom is 0.510 e. The molecule has 0 saturated carbocycles. The van der Waals surface area contributed by atoms with Gasteiger partial charge in [0.25, 0.3) is 0 Å². The summed E-state index contributed by atoms with van der Waals surface area (Å²) in [5.41, 5.74) is 5.98. The van der Waals surface area contributed by atoms with Crippen LogP contribution in [0.2, 0.25) is 0 Å². The molecule has 0 radical (unpaired) electrons. The average molecular weight is 196 g/mol. The topological polar surface area (TPSA) is 18.5 Å². The van der Waals surface area contributed by atoms with E-state index < -0.39 is 8.56 Å². The highest BCUT2D eigenvalue weighted by Gasteiger charge is 2.31. The van der Waals surface area contributed by atoms with Crippen LogP contribution in [0.5, 0.6) is 0 Å². The van der Waals surface area contributed by atoms with Gasteiger partial charge in [0.2, 0.25) is 0 Å². The Bertz CT molecular complexity index is 224. The van der Waals surface area contributed by atoms with Gasteiger partial charge in [0.05, 0.1) is 0 Å². The Morgan fingerprint density at radius 1 is 0.923 bits per heavy atom. The number of hydrogen-bond acceptors (Lipinski definition) is 2. The largest absolute Gasteiger partial charge is 0.510 e. The minimum Gasteiger partial charge on any atom is -0.379 e. The molecule has 0 heterocycles. The predicted molar refractivity (Wildman–Crippen MR) is 55.9 cm³/mol. The molecule has 72 valence electrons. The van der Waals surface area contributed by atoms with Crippen molar-refractivity contribution in [3.05, 3.63) is 0 Å². The first-order valence-electron chi connectivity index (χ1n) is 4.35. The van der Waals surface area contributed by atoms with E-state index >= 15 is 0 Å². The van der Waals surface area contributed by atoms with Crippen molar-refractivity contribution in [2.24, 2.45) is 0 Å². The van der Waals surface area contributed by atoms with Crippen molar-refractivity contribution in [2.75, 3.05) is 14.2 Å². The van der Waals surface area contributed by atoms with Crippen molar-refractivity contribution in [2.45, 2.75) is 26.7 Å². The maximum absolute atomic E-state index is 5.26. The lowest BCUT2D eigenvalue weighted by molar-refractivity contribution is 0.275. The lowest BCUT2D eigenvalue weighted by Crippen LogP contribution is -2.37. The predicted octanol–water partition coefficient (Wildman–Crippen LogP) is 1.63. The molecule has 0 amide bonds. The molecular weight excluding hydrogens is 180 g/mol. The highest BCUT2D eigenvalue weighted by Crippen LogP contribution is 2.01. The zero-order valence-electron chi connectivity index (χ0n) is 8.73. The first-order valence-corrected chi connectivity index (χ1v) is 6.16. The van der Waals surface area contributed by atoms with E-state index in [0.29, 0.717) is 0 Å². The molecule has 0 saturated heterocycles. The van der Waals surface area contributed by atoms with E-state index in [1.54, 1.807) is 14.2 Å². The first kappa shape index (κ1) is 12.3. The zero-order chi connectivity index (χ0) is 10.2. The first-order chi connectivity index (χ1) is 6.24. The third-order valence-corrected chi connectivity index (χ3v) is 3.60. The molecule has 0 aromatic rings. The Morgan fingerprint density at radius 2 is 1.31 bits per heavy atom. The third-order valence-electron chi connectivity index (χ3n) is 1.43. The fraction of sp³-hybridized carbons (Fsp3) is 0.600. The highest BCUT2D eigenvalue weighted by atomic mass is 28.4. The minimum atomic E-state index is -2.51. The van der Waals surface area contributed by atoms with E-state index in [2.05, 4.69) is 22.9 Å². The molecule has 0 aromatic heterocycles. The van der Waals surface area contributed by atoms with E-state index in [0.717, 1.165) is 12.8 Å². The Balaban J connectivity index is 4.69. The van der Waals surface area contributed by atoms with Crippen LogP contribution in [-0.2, 0) is 8.85 Å². The molecular formula is C10H16O2Si. The summed E-state index contributed by atoms with van der Waals surface area (Å²) >= 11 is 0. The lowest BCUT2D eigenvalue weighted by Gasteiger charge is -2.13. The number of hydrogen-bond donors (Lipinski definition) is 0. The van der Waals surface area contributed by atoms with Gasteiger partial charge in [-0.2, -0.15) is 0 Å². The van der Waals surface area contributed by atoms with Crippen LogP contribution in [0.15, 0.2) is 0 Å². The second-order valence-electron chi connectivity index (χ2n) is 2.34. The van der Waals surface area contributed by atoms with Crippen molar-refractivity contribution in [3.8, 4) is 22.9 Å². The second-order valence-corrected chi connectivity index (χ2v) is 4.89. The van der Waals surface area contributed by atoms with Gasteiger partial charge in [0.1, 0.15) is 0 Å². The fourth-order valence-corrected chi connectivity index (χ4v) is 2.18. The molecule has 13 heavy (non-hydrogen) atoms. The average Bonchev–Trinajstić information content (AvgIpc) is 2.20. The Kier molecular flexibility index (Phi) is 6.35.